The molecule has 6 rings (SSSR count). The van der Waals surface area contributed by atoms with Crippen LogP contribution in [-0.4, -0.2) is 28.4 Å². The van der Waals surface area contributed by atoms with E-state index in [1.165, 1.54) is 22.2 Å². The van der Waals surface area contributed by atoms with E-state index in [-0.39, 0.29) is 33.8 Å². The Labute approximate surface area is 259 Å². The molecular weight excluding hydrogens is 720 g/mol. The van der Waals surface area contributed by atoms with Crippen LogP contribution in [-0.2, 0) is 7.05 Å². The van der Waals surface area contributed by atoms with Crippen molar-refractivity contribution >= 4 is 82.5 Å². The Hall–Kier alpha value is -3.80. The van der Waals surface area contributed by atoms with Crippen molar-refractivity contribution in [1.29, 1.82) is 0 Å². The van der Waals surface area contributed by atoms with Crippen LogP contribution in [0.1, 0.15) is 47.0 Å². The molecule has 0 spiro atoms. The van der Waals surface area contributed by atoms with Crippen LogP contribution in [0.15, 0.2) is 98.1 Å². The number of amides is 2. The van der Waals surface area contributed by atoms with Gasteiger partial charge in [0, 0.05) is 37.4 Å². The maximum atomic E-state index is 14.3. The molecule has 0 aliphatic carbocycles. The highest BCUT2D eigenvalue weighted by atomic mass is 79.9. The van der Waals surface area contributed by atoms with Crippen LogP contribution in [0.25, 0.3) is 0 Å². The van der Waals surface area contributed by atoms with E-state index in [1.54, 1.807) is 72.5 Å². The highest BCUT2D eigenvalue weighted by Gasteiger charge is 2.48. The molecule has 0 bridgehead atoms. The van der Waals surface area contributed by atoms with Crippen LogP contribution in [0, 0.1) is 6.92 Å². The van der Waals surface area contributed by atoms with Crippen molar-refractivity contribution in [3.05, 3.63) is 126 Å². The minimum atomic E-state index is -0.576. The fourth-order valence-corrected chi connectivity index (χ4v) is 7.23. The van der Waals surface area contributed by atoms with Crippen LogP contribution in [0.4, 0.5) is 11.4 Å². The first-order valence-electron chi connectivity index (χ1n) is 12.3. The van der Waals surface area contributed by atoms with Crippen LogP contribution in [0.3, 0.4) is 0 Å². The number of hydrogen-bond acceptors (Lipinski definition) is 5. The molecule has 2 aromatic heterocycles. The lowest BCUT2D eigenvalue weighted by Crippen LogP contribution is -2.38. The lowest BCUT2D eigenvalue weighted by atomic mass is 10.1. The molecule has 0 unspecified atom stereocenters. The Kier molecular flexibility index (Phi) is 6.83. The second kappa shape index (κ2) is 10.2. The fraction of sp³-hybridized carbons (Fsp3) is 0.0667. The zero-order valence-corrected chi connectivity index (χ0v) is 26.2. The number of anilines is 2. The zero-order chi connectivity index (χ0) is 29.2. The van der Waals surface area contributed by atoms with Crippen LogP contribution >= 0.6 is 47.8 Å². The minimum Gasteiger partial charge on any atom is -0.287 e. The number of pyridine rings is 2. The Bertz CT molecular complexity index is 1890. The van der Waals surface area contributed by atoms with Gasteiger partial charge in [-0.1, -0.05) is 15.9 Å². The average molecular weight is 738 g/mol. The number of Topliss-reactive ketones (excluding diaryl/α,β-unsaturated/α-hetero) is 2. The molecule has 2 aromatic carbocycles. The van der Waals surface area contributed by atoms with Gasteiger partial charge in [0.05, 0.1) is 22.5 Å². The average Bonchev–Trinajstić information content (AvgIpc) is 3.39. The van der Waals surface area contributed by atoms with Crippen molar-refractivity contribution in [2.75, 3.05) is 9.80 Å². The van der Waals surface area contributed by atoms with E-state index in [0.29, 0.717) is 24.7 Å². The Balaban J connectivity index is 1.69. The van der Waals surface area contributed by atoms with Gasteiger partial charge in [-0.15, -0.1) is 0 Å². The molecule has 2 aliphatic rings. The Morgan fingerprint density at radius 3 is 2.00 bits per heavy atom. The highest BCUT2D eigenvalue weighted by molar-refractivity contribution is 9.11. The lowest BCUT2D eigenvalue weighted by Gasteiger charge is -2.25. The SMILES string of the molecule is Cc1cc(Br)c2c(c1)C(=O)/C(=C1/C(=O)c3cc(Br)cc(Br)c3N1C(=O)c1cccnc1)N2C(=O)c1ccc[n+](C)c1. The molecule has 2 amide bonds. The number of aromatic nitrogens is 2. The number of carbonyl (C=O) groups excluding carboxylic acids is 4. The van der Waals surface area contributed by atoms with Crippen molar-refractivity contribution in [3.8, 4) is 0 Å². The normalized spacial score (nSPS) is 15.8. The maximum Gasteiger partial charge on any atom is 0.269 e. The van der Waals surface area contributed by atoms with Gasteiger partial charge in [0.2, 0.25) is 11.6 Å². The first-order valence-corrected chi connectivity index (χ1v) is 14.6. The topological polar surface area (TPSA) is 91.5 Å². The molecular formula is C30H18Br3N4O4+. The number of rotatable bonds is 2. The van der Waals surface area contributed by atoms with E-state index < -0.39 is 23.4 Å². The summed E-state index contributed by atoms with van der Waals surface area (Å²) in [6.07, 6.45) is 6.33. The first-order chi connectivity index (χ1) is 19.6. The molecule has 0 saturated heterocycles. The Morgan fingerprint density at radius 1 is 0.805 bits per heavy atom. The van der Waals surface area contributed by atoms with Gasteiger partial charge < -0.3 is 0 Å². The van der Waals surface area contributed by atoms with Gasteiger partial charge in [-0.3, -0.25) is 34.0 Å². The van der Waals surface area contributed by atoms with Crippen LogP contribution in [0.2, 0.25) is 0 Å². The van der Waals surface area contributed by atoms with E-state index in [4.69, 9.17) is 0 Å². The van der Waals surface area contributed by atoms with E-state index >= 15 is 0 Å². The number of halogens is 3. The van der Waals surface area contributed by atoms with Gasteiger partial charge in [-0.25, -0.2) is 4.57 Å². The monoisotopic (exact) mass is 735 g/mol. The smallest absolute Gasteiger partial charge is 0.269 e. The van der Waals surface area contributed by atoms with Gasteiger partial charge in [-0.2, -0.15) is 0 Å². The fourth-order valence-electron chi connectivity index (χ4n) is 5.08. The molecule has 0 radical (unpaired) electrons. The number of carbonyl (C=O) groups is 4. The minimum absolute atomic E-state index is 0.198. The molecule has 202 valence electrons. The van der Waals surface area contributed by atoms with Crippen LogP contribution < -0.4 is 14.4 Å². The van der Waals surface area contributed by atoms with Gasteiger partial charge in [-0.05, 0) is 86.8 Å². The quantitative estimate of drug-likeness (QED) is 0.183. The summed E-state index contributed by atoms with van der Waals surface area (Å²) in [4.78, 5) is 63.3. The van der Waals surface area contributed by atoms with Crippen molar-refractivity contribution in [2.45, 2.75) is 6.92 Å². The molecule has 0 saturated carbocycles. The molecule has 11 heteroatoms. The van der Waals surface area contributed by atoms with Crippen molar-refractivity contribution in [3.63, 3.8) is 0 Å². The van der Waals surface area contributed by atoms with Gasteiger partial charge in [0.1, 0.15) is 24.0 Å². The lowest BCUT2D eigenvalue weighted by molar-refractivity contribution is -0.671. The second-order valence-corrected chi connectivity index (χ2v) is 12.2. The molecule has 0 N–H and O–H groups in total. The third-order valence-electron chi connectivity index (χ3n) is 6.78. The molecule has 0 fully saturated rings. The summed E-state index contributed by atoms with van der Waals surface area (Å²) in [6, 6.07) is 13.3. The largest absolute Gasteiger partial charge is 0.287 e. The molecule has 0 atom stereocenters. The number of benzene rings is 2. The van der Waals surface area contributed by atoms with E-state index in [2.05, 4.69) is 52.8 Å². The summed E-state index contributed by atoms with van der Waals surface area (Å²) in [5.41, 5.74) is 1.87. The number of hydrogen-bond donors (Lipinski definition) is 0. The molecule has 8 nitrogen and oxygen atoms in total. The van der Waals surface area contributed by atoms with Crippen molar-refractivity contribution in [1.82, 2.24) is 4.98 Å². The summed E-state index contributed by atoms with van der Waals surface area (Å²) in [6.45, 7) is 1.83. The van der Waals surface area contributed by atoms with Gasteiger partial charge in [0.15, 0.2) is 12.4 Å². The van der Waals surface area contributed by atoms with E-state index in [9.17, 15) is 19.2 Å². The summed E-state index contributed by atoms with van der Waals surface area (Å²) < 4.78 is 3.27. The van der Waals surface area contributed by atoms with E-state index in [1.807, 2.05) is 6.92 Å². The third-order valence-corrected chi connectivity index (χ3v) is 8.44. The van der Waals surface area contributed by atoms with E-state index in [0.717, 1.165) is 5.56 Å². The summed E-state index contributed by atoms with van der Waals surface area (Å²) >= 11 is 10.5. The second-order valence-electron chi connectivity index (χ2n) is 9.56. The van der Waals surface area contributed by atoms with Gasteiger partial charge in [0.25, 0.3) is 11.8 Å². The molecule has 4 heterocycles. The predicted molar refractivity (Wildman–Crippen MR) is 162 cm³/mol. The first kappa shape index (κ1) is 27.4. The molecule has 41 heavy (non-hydrogen) atoms. The van der Waals surface area contributed by atoms with Crippen LogP contribution in [0.5, 0.6) is 0 Å². The zero-order valence-electron chi connectivity index (χ0n) is 21.5. The number of allylic oxidation sites excluding steroid dienone is 2. The van der Waals surface area contributed by atoms with Gasteiger partial charge >= 0.3 is 0 Å². The Morgan fingerprint density at radius 2 is 1.39 bits per heavy atom. The summed E-state index contributed by atoms with van der Waals surface area (Å²) in [5, 5.41) is 0. The summed E-state index contributed by atoms with van der Waals surface area (Å²) in [5.74, 6) is -2.22. The van der Waals surface area contributed by atoms with Crippen molar-refractivity contribution < 1.29 is 23.7 Å². The number of nitrogens with zero attached hydrogens (tertiary/aromatic N) is 4. The molecule has 2 aliphatic heterocycles. The predicted octanol–water partition coefficient (Wildman–Crippen LogP) is 6.10. The van der Waals surface area contributed by atoms with Crippen molar-refractivity contribution in [2.24, 2.45) is 7.05 Å². The summed E-state index contributed by atoms with van der Waals surface area (Å²) in [7, 11) is 1.78. The highest BCUT2D eigenvalue weighted by Crippen LogP contribution is 2.48. The number of ketones is 2. The number of aryl methyl sites for hydroxylation is 2. The maximum absolute atomic E-state index is 14.3. The standard InChI is InChI=1S/C30H18Br3N4O4/c1-15-9-19-23(21(32)10-15)37(30(41)17-6-4-8-35(2)14-17)25(27(19)38)26-28(39)20-11-18(31)12-22(33)24(20)36(26)29(40)16-5-3-7-34-13-16/h3-14H,1-2H3/q+1/b26-25+. The number of fused-ring (bicyclic) bond motifs is 2. The third kappa shape index (κ3) is 4.39. The molecule has 4 aromatic rings.